The van der Waals surface area contributed by atoms with Gasteiger partial charge in [0.15, 0.2) is 0 Å². The van der Waals surface area contributed by atoms with Gasteiger partial charge in [-0.15, -0.1) is 0 Å². The molecular formula is C12H10Cl2N4O2. The Labute approximate surface area is 124 Å². The van der Waals surface area contributed by atoms with Crippen LogP contribution in [0.4, 0.5) is 11.6 Å². The fourth-order valence-corrected chi connectivity index (χ4v) is 1.71. The Kier molecular flexibility index (Phi) is 4.26. The van der Waals surface area contributed by atoms with Crippen LogP contribution in [0.25, 0.3) is 0 Å². The number of ether oxygens (including phenoxy) is 1. The topological polar surface area (TPSA) is 90.1 Å². The summed E-state index contributed by atoms with van der Waals surface area (Å²) >= 11 is 11.6. The van der Waals surface area contributed by atoms with Gasteiger partial charge in [0.05, 0.1) is 17.8 Å². The van der Waals surface area contributed by atoms with E-state index in [2.05, 4.69) is 15.3 Å². The largest absolute Gasteiger partial charge is 0.481 e. The first-order valence-corrected chi connectivity index (χ1v) is 6.20. The summed E-state index contributed by atoms with van der Waals surface area (Å²) in [6, 6.07) is 5.96. The Morgan fingerprint density at radius 3 is 2.70 bits per heavy atom. The first-order valence-electron chi connectivity index (χ1n) is 5.44. The number of amides is 1. The molecular weight excluding hydrogens is 303 g/mol. The predicted molar refractivity (Wildman–Crippen MR) is 77.4 cm³/mol. The highest BCUT2D eigenvalue weighted by Crippen LogP contribution is 2.20. The van der Waals surface area contributed by atoms with E-state index >= 15 is 0 Å². The zero-order valence-corrected chi connectivity index (χ0v) is 11.9. The summed E-state index contributed by atoms with van der Waals surface area (Å²) in [4.78, 5) is 19.8. The monoisotopic (exact) mass is 312 g/mol. The second-order valence-electron chi connectivity index (χ2n) is 3.75. The number of anilines is 2. The highest BCUT2D eigenvalue weighted by atomic mass is 35.5. The maximum atomic E-state index is 12.0. The molecule has 1 amide bonds. The van der Waals surface area contributed by atoms with Crippen molar-refractivity contribution >= 4 is 40.7 Å². The third-order valence-electron chi connectivity index (χ3n) is 2.36. The molecule has 0 atom stereocenters. The molecule has 1 aromatic heterocycles. The predicted octanol–water partition coefficient (Wildman–Crippen LogP) is 2.63. The number of benzene rings is 1. The van der Waals surface area contributed by atoms with Crippen molar-refractivity contribution in [3.05, 3.63) is 40.0 Å². The number of aromatic nitrogens is 2. The molecule has 0 fully saturated rings. The standard InChI is InChI=1S/C12H10Cl2N4O2/c1-20-10-5-9(14)16-12(17-10)18-11(19)6-2-3-7(13)8(15)4-6/h2-5H,15H2,1H3,(H,16,17,18,19). The third kappa shape index (κ3) is 3.28. The molecule has 0 aliphatic heterocycles. The van der Waals surface area contributed by atoms with Crippen molar-refractivity contribution in [2.24, 2.45) is 0 Å². The Hall–Kier alpha value is -2.05. The average Bonchev–Trinajstić information content (AvgIpc) is 2.41. The zero-order valence-electron chi connectivity index (χ0n) is 10.4. The van der Waals surface area contributed by atoms with Gasteiger partial charge in [-0.2, -0.15) is 4.98 Å². The third-order valence-corrected chi connectivity index (χ3v) is 2.90. The van der Waals surface area contributed by atoms with Gasteiger partial charge < -0.3 is 10.5 Å². The van der Waals surface area contributed by atoms with Crippen LogP contribution in [0, 0.1) is 0 Å². The van der Waals surface area contributed by atoms with Gasteiger partial charge in [0.2, 0.25) is 11.8 Å². The number of hydrogen-bond donors (Lipinski definition) is 2. The van der Waals surface area contributed by atoms with Crippen molar-refractivity contribution in [3.63, 3.8) is 0 Å². The van der Waals surface area contributed by atoms with Crippen LogP contribution in [-0.2, 0) is 0 Å². The van der Waals surface area contributed by atoms with Crippen molar-refractivity contribution in [2.75, 3.05) is 18.2 Å². The molecule has 0 saturated heterocycles. The van der Waals surface area contributed by atoms with E-state index in [1.165, 1.54) is 31.4 Å². The summed E-state index contributed by atoms with van der Waals surface area (Å²) in [6.45, 7) is 0. The van der Waals surface area contributed by atoms with E-state index in [-0.39, 0.29) is 17.0 Å². The Morgan fingerprint density at radius 1 is 1.30 bits per heavy atom. The maximum absolute atomic E-state index is 12.0. The lowest BCUT2D eigenvalue weighted by molar-refractivity contribution is 0.102. The van der Waals surface area contributed by atoms with E-state index in [0.29, 0.717) is 16.3 Å². The van der Waals surface area contributed by atoms with Crippen LogP contribution in [0.5, 0.6) is 5.88 Å². The van der Waals surface area contributed by atoms with Crippen LogP contribution in [0.3, 0.4) is 0 Å². The lowest BCUT2D eigenvalue weighted by Crippen LogP contribution is -2.14. The van der Waals surface area contributed by atoms with Crippen LogP contribution < -0.4 is 15.8 Å². The smallest absolute Gasteiger partial charge is 0.258 e. The minimum absolute atomic E-state index is 0.0351. The van der Waals surface area contributed by atoms with E-state index in [4.69, 9.17) is 33.7 Å². The average molecular weight is 313 g/mol. The number of hydrogen-bond acceptors (Lipinski definition) is 5. The highest BCUT2D eigenvalue weighted by molar-refractivity contribution is 6.33. The molecule has 104 valence electrons. The first kappa shape index (κ1) is 14.4. The number of nitrogens with one attached hydrogen (secondary N) is 1. The summed E-state index contributed by atoms with van der Waals surface area (Å²) in [5.41, 5.74) is 6.27. The number of nitrogens with zero attached hydrogens (tertiary/aromatic N) is 2. The number of halogens is 2. The van der Waals surface area contributed by atoms with Gasteiger partial charge in [0.25, 0.3) is 5.91 Å². The van der Waals surface area contributed by atoms with Gasteiger partial charge in [-0.3, -0.25) is 10.1 Å². The number of nitrogens with two attached hydrogens (primary N) is 1. The van der Waals surface area contributed by atoms with E-state index in [0.717, 1.165) is 0 Å². The molecule has 2 aromatic rings. The van der Waals surface area contributed by atoms with Crippen LogP contribution in [-0.4, -0.2) is 23.0 Å². The normalized spacial score (nSPS) is 10.2. The van der Waals surface area contributed by atoms with Crippen molar-refractivity contribution in [3.8, 4) is 5.88 Å². The molecule has 1 heterocycles. The SMILES string of the molecule is COc1cc(Cl)nc(NC(=O)c2ccc(Cl)c(N)c2)n1. The van der Waals surface area contributed by atoms with Gasteiger partial charge in [0, 0.05) is 11.6 Å². The van der Waals surface area contributed by atoms with E-state index < -0.39 is 5.91 Å². The summed E-state index contributed by atoms with van der Waals surface area (Å²) in [7, 11) is 1.43. The summed E-state index contributed by atoms with van der Waals surface area (Å²) in [6.07, 6.45) is 0. The number of nitrogen functional groups attached to an aromatic ring is 1. The van der Waals surface area contributed by atoms with E-state index in [1.807, 2.05) is 0 Å². The summed E-state index contributed by atoms with van der Waals surface area (Å²) in [5.74, 6) is -0.151. The molecule has 0 aliphatic carbocycles. The van der Waals surface area contributed by atoms with E-state index in [9.17, 15) is 4.79 Å². The Bertz CT molecular complexity index is 664. The van der Waals surface area contributed by atoms with Gasteiger partial charge in [-0.1, -0.05) is 23.2 Å². The second kappa shape index (κ2) is 5.94. The lowest BCUT2D eigenvalue weighted by Gasteiger charge is -2.07. The first-order chi connectivity index (χ1) is 9.49. The van der Waals surface area contributed by atoms with Crippen molar-refractivity contribution in [1.29, 1.82) is 0 Å². The van der Waals surface area contributed by atoms with Crippen LogP contribution >= 0.6 is 23.2 Å². The summed E-state index contributed by atoms with van der Waals surface area (Å²) < 4.78 is 4.93. The van der Waals surface area contributed by atoms with Gasteiger partial charge >= 0.3 is 0 Å². The molecule has 0 radical (unpaired) electrons. The molecule has 20 heavy (non-hydrogen) atoms. The van der Waals surface area contributed by atoms with Crippen LogP contribution in [0.15, 0.2) is 24.3 Å². The fraction of sp³-hybridized carbons (Fsp3) is 0.0833. The zero-order chi connectivity index (χ0) is 14.7. The fourth-order valence-electron chi connectivity index (χ4n) is 1.42. The molecule has 3 N–H and O–H groups in total. The number of carbonyl (C=O) groups is 1. The quantitative estimate of drug-likeness (QED) is 0.671. The number of methoxy groups -OCH3 is 1. The molecule has 8 heteroatoms. The van der Waals surface area contributed by atoms with Crippen molar-refractivity contribution in [1.82, 2.24) is 9.97 Å². The minimum Gasteiger partial charge on any atom is -0.481 e. The maximum Gasteiger partial charge on any atom is 0.258 e. The van der Waals surface area contributed by atoms with E-state index in [1.54, 1.807) is 0 Å². The molecule has 2 rings (SSSR count). The Balaban J connectivity index is 2.23. The molecule has 6 nitrogen and oxygen atoms in total. The molecule has 1 aromatic carbocycles. The van der Waals surface area contributed by atoms with Crippen molar-refractivity contribution in [2.45, 2.75) is 0 Å². The minimum atomic E-state index is -0.433. The number of rotatable bonds is 3. The molecule has 0 aliphatic rings. The van der Waals surface area contributed by atoms with Gasteiger partial charge in [0.1, 0.15) is 5.15 Å². The summed E-state index contributed by atoms with van der Waals surface area (Å²) in [5, 5.41) is 3.03. The Morgan fingerprint density at radius 2 is 2.05 bits per heavy atom. The lowest BCUT2D eigenvalue weighted by atomic mass is 10.2. The van der Waals surface area contributed by atoms with Gasteiger partial charge in [-0.05, 0) is 18.2 Å². The van der Waals surface area contributed by atoms with Gasteiger partial charge in [-0.25, -0.2) is 4.98 Å². The molecule has 0 spiro atoms. The van der Waals surface area contributed by atoms with Crippen LogP contribution in [0.1, 0.15) is 10.4 Å². The second-order valence-corrected chi connectivity index (χ2v) is 4.54. The van der Waals surface area contributed by atoms with Crippen molar-refractivity contribution < 1.29 is 9.53 Å². The highest BCUT2D eigenvalue weighted by Gasteiger charge is 2.11. The number of carbonyl (C=O) groups excluding carboxylic acids is 1. The molecule has 0 bridgehead atoms. The molecule has 0 unspecified atom stereocenters. The van der Waals surface area contributed by atoms with Crippen LogP contribution in [0.2, 0.25) is 10.2 Å². The molecule has 0 saturated carbocycles.